The number of ether oxygens (including phenoxy) is 2. The molecule has 0 radical (unpaired) electrons. The lowest BCUT2D eigenvalue weighted by Gasteiger charge is -2.39. The van der Waals surface area contributed by atoms with Crippen molar-refractivity contribution >= 4 is 18.0 Å². The molecule has 0 aliphatic heterocycles. The van der Waals surface area contributed by atoms with E-state index in [1.807, 2.05) is 37.3 Å². The van der Waals surface area contributed by atoms with Gasteiger partial charge in [0.15, 0.2) is 0 Å². The van der Waals surface area contributed by atoms with Gasteiger partial charge in [-0.25, -0.2) is 4.79 Å². The number of carbonyl (C=O) groups excluding carboxylic acids is 2. The first-order chi connectivity index (χ1) is 15.1. The Hall–Kier alpha value is -2.57. The zero-order valence-electron chi connectivity index (χ0n) is 19.6. The zero-order chi connectivity index (χ0) is 23.7. The van der Waals surface area contributed by atoms with E-state index in [4.69, 9.17) is 9.47 Å². The SMILES string of the molecule is CCCC(C(=O)O)C1CC(CC(=O)OCc2ccccc2)CCC1NC(=O)OC(C)(C)C. The summed E-state index contributed by atoms with van der Waals surface area (Å²) >= 11 is 0. The molecule has 1 fully saturated rings. The van der Waals surface area contributed by atoms with Crippen molar-refractivity contribution in [3.8, 4) is 0 Å². The fourth-order valence-corrected chi connectivity index (χ4v) is 4.43. The quantitative estimate of drug-likeness (QED) is 0.521. The third kappa shape index (κ3) is 8.52. The Bertz CT molecular complexity index is 757. The van der Waals surface area contributed by atoms with Crippen molar-refractivity contribution in [3.63, 3.8) is 0 Å². The first-order valence-corrected chi connectivity index (χ1v) is 11.5. The van der Waals surface area contributed by atoms with E-state index < -0.39 is 23.6 Å². The fraction of sp³-hybridized carbons (Fsp3) is 0.640. The van der Waals surface area contributed by atoms with Gasteiger partial charge >= 0.3 is 18.0 Å². The maximum atomic E-state index is 12.4. The molecule has 4 unspecified atom stereocenters. The van der Waals surface area contributed by atoms with Crippen LogP contribution in [0.1, 0.15) is 71.8 Å². The minimum Gasteiger partial charge on any atom is -0.481 e. The number of benzene rings is 1. The van der Waals surface area contributed by atoms with Crippen molar-refractivity contribution in [2.75, 3.05) is 0 Å². The molecular formula is C25H37NO6. The Morgan fingerprint density at radius 2 is 1.84 bits per heavy atom. The summed E-state index contributed by atoms with van der Waals surface area (Å²) in [5.41, 5.74) is 0.299. The summed E-state index contributed by atoms with van der Waals surface area (Å²) in [5.74, 6) is -1.96. The van der Waals surface area contributed by atoms with Crippen LogP contribution in [0.25, 0.3) is 0 Å². The van der Waals surface area contributed by atoms with Gasteiger partial charge in [0.1, 0.15) is 12.2 Å². The highest BCUT2D eigenvalue weighted by Gasteiger charge is 2.40. The number of amides is 1. The van der Waals surface area contributed by atoms with Gasteiger partial charge in [0, 0.05) is 12.5 Å². The van der Waals surface area contributed by atoms with Gasteiger partial charge < -0.3 is 19.9 Å². The van der Waals surface area contributed by atoms with E-state index in [1.165, 1.54) is 0 Å². The number of aliphatic carboxylic acids is 1. The highest BCUT2D eigenvalue weighted by atomic mass is 16.6. The fourth-order valence-electron chi connectivity index (χ4n) is 4.43. The van der Waals surface area contributed by atoms with Gasteiger partial charge in [-0.15, -0.1) is 0 Å². The lowest BCUT2D eigenvalue weighted by Crippen LogP contribution is -2.49. The van der Waals surface area contributed by atoms with Crippen LogP contribution in [0.5, 0.6) is 0 Å². The van der Waals surface area contributed by atoms with Crippen LogP contribution in [0.2, 0.25) is 0 Å². The number of carbonyl (C=O) groups is 3. The number of hydrogen-bond donors (Lipinski definition) is 2. The second-order valence-electron chi connectivity index (χ2n) is 9.68. The van der Waals surface area contributed by atoms with E-state index >= 15 is 0 Å². The van der Waals surface area contributed by atoms with Crippen LogP contribution in [0.3, 0.4) is 0 Å². The van der Waals surface area contributed by atoms with Crippen molar-refractivity contribution in [2.24, 2.45) is 17.8 Å². The molecule has 1 aliphatic carbocycles. The van der Waals surface area contributed by atoms with Gasteiger partial charge in [0.25, 0.3) is 0 Å². The summed E-state index contributed by atoms with van der Waals surface area (Å²) in [5, 5.41) is 12.7. The molecule has 178 valence electrons. The van der Waals surface area contributed by atoms with Gasteiger partial charge in [-0.3, -0.25) is 9.59 Å². The number of hydrogen-bond acceptors (Lipinski definition) is 5. The van der Waals surface area contributed by atoms with Crippen LogP contribution in [0, 0.1) is 17.8 Å². The van der Waals surface area contributed by atoms with Crippen LogP contribution in [0.4, 0.5) is 4.79 Å². The topological polar surface area (TPSA) is 102 Å². The first-order valence-electron chi connectivity index (χ1n) is 11.5. The molecular weight excluding hydrogens is 410 g/mol. The second-order valence-corrected chi connectivity index (χ2v) is 9.68. The number of carboxylic acids is 1. The Balaban J connectivity index is 2.02. The smallest absolute Gasteiger partial charge is 0.407 e. The largest absolute Gasteiger partial charge is 0.481 e. The van der Waals surface area contributed by atoms with Crippen LogP contribution < -0.4 is 5.32 Å². The second kappa shape index (κ2) is 11.9. The van der Waals surface area contributed by atoms with E-state index in [0.717, 1.165) is 18.4 Å². The maximum Gasteiger partial charge on any atom is 0.407 e. The summed E-state index contributed by atoms with van der Waals surface area (Å²) in [4.78, 5) is 36.8. The highest BCUT2D eigenvalue weighted by molar-refractivity contribution is 5.72. The lowest BCUT2D eigenvalue weighted by molar-refractivity contribution is -0.147. The van der Waals surface area contributed by atoms with Crippen LogP contribution in [0.15, 0.2) is 30.3 Å². The monoisotopic (exact) mass is 447 g/mol. The van der Waals surface area contributed by atoms with Crippen LogP contribution >= 0.6 is 0 Å². The Morgan fingerprint density at radius 3 is 2.44 bits per heavy atom. The maximum absolute atomic E-state index is 12.4. The molecule has 7 nitrogen and oxygen atoms in total. The number of esters is 1. The standard InChI is InChI=1S/C25H37NO6/c1-5-9-19(23(28)29)20-14-18(12-13-21(20)26-24(30)32-25(2,3)4)15-22(27)31-16-17-10-7-6-8-11-17/h6-8,10-11,18-21H,5,9,12-16H2,1-4H3,(H,26,30)(H,28,29). The molecule has 7 heteroatoms. The molecule has 0 saturated heterocycles. The van der Waals surface area contributed by atoms with Crippen LogP contribution in [-0.2, 0) is 25.7 Å². The summed E-state index contributed by atoms with van der Waals surface area (Å²) in [6.07, 6.45) is 2.85. The Morgan fingerprint density at radius 1 is 1.16 bits per heavy atom. The minimum atomic E-state index is -0.861. The number of alkyl carbamates (subject to hydrolysis) is 1. The Kier molecular flexibility index (Phi) is 9.54. The third-order valence-electron chi connectivity index (χ3n) is 5.84. The molecule has 2 N–H and O–H groups in total. The van der Waals surface area contributed by atoms with Crippen molar-refractivity contribution < 1.29 is 29.0 Å². The molecule has 0 bridgehead atoms. The predicted octanol–water partition coefficient (Wildman–Crippen LogP) is 4.93. The first kappa shape index (κ1) is 25.7. The Labute approximate surface area is 190 Å². The minimum absolute atomic E-state index is 0.0265. The molecule has 0 spiro atoms. The molecule has 1 aromatic carbocycles. The van der Waals surface area contributed by atoms with E-state index in [-0.39, 0.29) is 36.9 Å². The summed E-state index contributed by atoms with van der Waals surface area (Å²) in [7, 11) is 0. The van der Waals surface area contributed by atoms with Gasteiger partial charge in [-0.2, -0.15) is 0 Å². The molecule has 0 aromatic heterocycles. The highest BCUT2D eigenvalue weighted by Crippen LogP contribution is 2.38. The molecule has 0 heterocycles. The molecule has 1 amide bonds. The average molecular weight is 448 g/mol. The van der Waals surface area contributed by atoms with E-state index in [2.05, 4.69) is 5.32 Å². The van der Waals surface area contributed by atoms with Gasteiger partial charge in [-0.1, -0.05) is 43.7 Å². The average Bonchev–Trinajstić information content (AvgIpc) is 2.71. The van der Waals surface area contributed by atoms with Crippen molar-refractivity contribution in [1.29, 1.82) is 0 Å². The van der Waals surface area contributed by atoms with E-state index in [0.29, 0.717) is 19.3 Å². The predicted molar refractivity (Wildman–Crippen MR) is 121 cm³/mol. The molecule has 1 aromatic rings. The van der Waals surface area contributed by atoms with Gasteiger partial charge in [-0.05, 0) is 63.9 Å². The lowest BCUT2D eigenvalue weighted by atomic mass is 9.70. The summed E-state index contributed by atoms with van der Waals surface area (Å²) in [6.45, 7) is 7.55. The van der Waals surface area contributed by atoms with Gasteiger partial charge in [0.05, 0.1) is 5.92 Å². The number of nitrogens with one attached hydrogen (secondary N) is 1. The van der Waals surface area contributed by atoms with Crippen molar-refractivity contribution in [1.82, 2.24) is 5.32 Å². The molecule has 4 atom stereocenters. The van der Waals surface area contributed by atoms with Crippen molar-refractivity contribution in [2.45, 2.75) is 84.5 Å². The van der Waals surface area contributed by atoms with E-state index in [1.54, 1.807) is 20.8 Å². The molecule has 2 rings (SSSR count). The number of carboxylic acid groups (broad SMARTS) is 1. The van der Waals surface area contributed by atoms with Gasteiger partial charge in [0.2, 0.25) is 0 Å². The van der Waals surface area contributed by atoms with Crippen molar-refractivity contribution in [3.05, 3.63) is 35.9 Å². The molecule has 32 heavy (non-hydrogen) atoms. The summed E-state index contributed by atoms with van der Waals surface area (Å²) < 4.78 is 10.8. The molecule has 1 aliphatic rings. The zero-order valence-corrected chi connectivity index (χ0v) is 19.6. The third-order valence-corrected chi connectivity index (χ3v) is 5.84. The normalized spacial score (nSPS) is 21.9. The number of rotatable bonds is 9. The molecule has 1 saturated carbocycles. The van der Waals surface area contributed by atoms with Crippen LogP contribution in [-0.4, -0.2) is 34.8 Å². The summed E-state index contributed by atoms with van der Waals surface area (Å²) in [6, 6.07) is 9.20. The van der Waals surface area contributed by atoms with E-state index in [9.17, 15) is 19.5 Å².